The van der Waals surface area contributed by atoms with E-state index >= 15 is 0 Å². The zero-order chi connectivity index (χ0) is 11.1. The van der Waals surface area contributed by atoms with Gasteiger partial charge in [0.15, 0.2) is 0 Å². The van der Waals surface area contributed by atoms with Gasteiger partial charge in [-0.15, -0.1) is 0 Å². The normalized spacial score (nSPS) is 10.9. The zero-order valence-electron chi connectivity index (χ0n) is 9.54. The van der Waals surface area contributed by atoms with E-state index in [1.54, 1.807) is 6.20 Å². The van der Waals surface area contributed by atoms with E-state index in [1.165, 1.54) is 12.8 Å². The lowest BCUT2D eigenvalue weighted by atomic mass is 10.3. The second-order valence-electron chi connectivity index (χ2n) is 3.69. The molecule has 0 amide bonds. The fourth-order valence-electron chi connectivity index (χ4n) is 1.50. The Balaban J connectivity index is 2.50. The molecule has 0 unspecified atom stereocenters. The summed E-state index contributed by atoms with van der Waals surface area (Å²) in [4.78, 5) is 6.70. The van der Waals surface area contributed by atoms with Gasteiger partial charge in [-0.25, -0.2) is 0 Å². The van der Waals surface area contributed by atoms with Crippen LogP contribution in [-0.2, 0) is 6.54 Å². The molecule has 2 nitrogen and oxygen atoms in total. The maximum atomic E-state index is 5.92. The third-order valence-corrected chi connectivity index (χ3v) is 2.67. The summed E-state index contributed by atoms with van der Waals surface area (Å²) in [6.07, 6.45) is 4.25. The van der Waals surface area contributed by atoms with Crippen LogP contribution in [0.5, 0.6) is 0 Å². The molecule has 0 bridgehead atoms. The number of hydrogen-bond acceptors (Lipinski definition) is 2. The first-order chi connectivity index (χ1) is 7.26. The molecule has 1 aromatic rings. The lowest BCUT2D eigenvalue weighted by Gasteiger charge is -2.19. The van der Waals surface area contributed by atoms with Crippen LogP contribution in [0.25, 0.3) is 0 Å². The van der Waals surface area contributed by atoms with Gasteiger partial charge < -0.3 is 0 Å². The Hall–Kier alpha value is -0.600. The topological polar surface area (TPSA) is 16.1 Å². The molecule has 0 spiro atoms. The largest absolute Gasteiger partial charge is 0.298 e. The first-order valence-electron chi connectivity index (χ1n) is 5.59. The maximum Gasteiger partial charge on any atom is 0.0558 e. The van der Waals surface area contributed by atoms with Crippen LogP contribution in [0.1, 0.15) is 32.4 Å². The van der Waals surface area contributed by atoms with Crippen LogP contribution < -0.4 is 0 Å². The van der Waals surface area contributed by atoms with Crippen LogP contribution in [0.2, 0.25) is 5.02 Å². The van der Waals surface area contributed by atoms with Crippen molar-refractivity contribution in [1.29, 1.82) is 0 Å². The van der Waals surface area contributed by atoms with Crippen molar-refractivity contribution in [3.63, 3.8) is 0 Å². The van der Waals surface area contributed by atoms with E-state index < -0.39 is 0 Å². The molecule has 0 fully saturated rings. The van der Waals surface area contributed by atoms with E-state index in [2.05, 4.69) is 23.7 Å². The lowest BCUT2D eigenvalue weighted by molar-refractivity contribution is 0.272. The van der Waals surface area contributed by atoms with Gasteiger partial charge in [0, 0.05) is 17.8 Å². The van der Waals surface area contributed by atoms with Gasteiger partial charge >= 0.3 is 0 Å². The fourth-order valence-corrected chi connectivity index (χ4v) is 1.68. The third-order valence-electron chi connectivity index (χ3n) is 2.44. The van der Waals surface area contributed by atoms with Gasteiger partial charge in [-0.3, -0.25) is 9.88 Å². The number of aromatic nitrogens is 1. The smallest absolute Gasteiger partial charge is 0.0558 e. The highest BCUT2D eigenvalue weighted by Gasteiger charge is 2.04. The van der Waals surface area contributed by atoms with Crippen LogP contribution in [0.15, 0.2) is 18.3 Å². The van der Waals surface area contributed by atoms with Crippen molar-refractivity contribution in [3.8, 4) is 0 Å². The van der Waals surface area contributed by atoms with Crippen molar-refractivity contribution < 1.29 is 0 Å². The second kappa shape index (κ2) is 6.81. The summed E-state index contributed by atoms with van der Waals surface area (Å²) < 4.78 is 0. The molecule has 3 heteroatoms. The quantitative estimate of drug-likeness (QED) is 0.740. The van der Waals surface area contributed by atoms with Crippen molar-refractivity contribution in [2.75, 3.05) is 13.1 Å². The average molecular weight is 227 g/mol. The van der Waals surface area contributed by atoms with Gasteiger partial charge in [0.05, 0.1) is 5.69 Å². The predicted octanol–water partition coefficient (Wildman–Crippen LogP) is 3.36. The summed E-state index contributed by atoms with van der Waals surface area (Å²) in [7, 11) is 0. The molecule has 0 radical (unpaired) electrons. The standard InChI is InChI=1S/C12H19ClN2/c1-3-5-8-15(4-2)10-12-9-11(13)6-7-14-12/h6-7,9H,3-5,8,10H2,1-2H3. The number of nitrogens with zero attached hydrogens (tertiary/aromatic N) is 2. The van der Waals surface area contributed by atoms with Crippen molar-refractivity contribution in [1.82, 2.24) is 9.88 Å². The van der Waals surface area contributed by atoms with Crippen LogP contribution in [-0.4, -0.2) is 23.0 Å². The Morgan fingerprint density at radius 2 is 2.20 bits per heavy atom. The Kier molecular flexibility index (Phi) is 5.66. The monoisotopic (exact) mass is 226 g/mol. The Bertz CT molecular complexity index is 289. The molecule has 15 heavy (non-hydrogen) atoms. The van der Waals surface area contributed by atoms with Gasteiger partial charge in [0.1, 0.15) is 0 Å². The first-order valence-corrected chi connectivity index (χ1v) is 5.96. The zero-order valence-corrected chi connectivity index (χ0v) is 10.3. The molecular formula is C12H19ClN2. The van der Waals surface area contributed by atoms with E-state index in [9.17, 15) is 0 Å². The highest BCUT2D eigenvalue weighted by Crippen LogP contribution is 2.10. The molecule has 1 aromatic heterocycles. The minimum atomic E-state index is 0.770. The summed E-state index contributed by atoms with van der Waals surface area (Å²) in [6.45, 7) is 7.50. The maximum absolute atomic E-state index is 5.92. The van der Waals surface area contributed by atoms with E-state index in [-0.39, 0.29) is 0 Å². The second-order valence-corrected chi connectivity index (χ2v) is 4.12. The summed E-state index contributed by atoms with van der Waals surface area (Å²) in [5, 5.41) is 0.770. The van der Waals surface area contributed by atoms with Crippen LogP contribution in [0.3, 0.4) is 0 Å². The fraction of sp³-hybridized carbons (Fsp3) is 0.583. The molecule has 0 aromatic carbocycles. The molecule has 0 saturated carbocycles. The van der Waals surface area contributed by atoms with Crippen molar-refractivity contribution in [2.24, 2.45) is 0 Å². The molecule has 0 atom stereocenters. The van der Waals surface area contributed by atoms with Gasteiger partial charge in [-0.1, -0.05) is 31.9 Å². The molecule has 1 heterocycles. The minimum absolute atomic E-state index is 0.770. The lowest BCUT2D eigenvalue weighted by Crippen LogP contribution is -2.24. The van der Waals surface area contributed by atoms with Crippen molar-refractivity contribution in [3.05, 3.63) is 29.0 Å². The molecule has 0 aliphatic heterocycles. The first kappa shape index (κ1) is 12.5. The highest BCUT2D eigenvalue weighted by molar-refractivity contribution is 6.30. The summed E-state index contributed by atoms with van der Waals surface area (Å²) in [6, 6.07) is 3.75. The van der Waals surface area contributed by atoms with E-state index in [1.807, 2.05) is 12.1 Å². The SMILES string of the molecule is CCCCN(CC)Cc1cc(Cl)ccn1. The Morgan fingerprint density at radius 3 is 2.80 bits per heavy atom. The molecule has 0 N–H and O–H groups in total. The number of rotatable bonds is 6. The van der Waals surface area contributed by atoms with Crippen LogP contribution in [0.4, 0.5) is 0 Å². The number of pyridine rings is 1. The highest BCUT2D eigenvalue weighted by atomic mass is 35.5. The molecule has 0 aliphatic carbocycles. The number of hydrogen-bond donors (Lipinski definition) is 0. The molecule has 1 rings (SSSR count). The molecule has 84 valence electrons. The van der Waals surface area contributed by atoms with Gasteiger partial charge in [0.25, 0.3) is 0 Å². The Morgan fingerprint density at radius 1 is 1.40 bits per heavy atom. The Labute approximate surface area is 97.3 Å². The summed E-state index contributed by atoms with van der Waals surface area (Å²) in [5.74, 6) is 0. The number of halogens is 1. The van der Waals surface area contributed by atoms with Crippen molar-refractivity contribution >= 4 is 11.6 Å². The van der Waals surface area contributed by atoms with E-state index in [4.69, 9.17) is 11.6 Å². The van der Waals surface area contributed by atoms with E-state index in [0.717, 1.165) is 30.4 Å². The van der Waals surface area contributed by atoms with Gasteiger partial charge in [-0.05, 0) is 31.6 Å². The number of unbranched alkanes of at least 4 members (excludes halogenated alkanes) is 1. The molecular weight excluding hydrogens is 208 g/mol. The average Bonchev–Trinajstić information content (AvgIpc) is 2.24. The minimum Gasteiger partial charge on any atom is -0.298 e. The van der Waals surface area contributed by atoms with E-state index in [0.29, 0.717) is 0 Å². The van der Waals surface area contributed by atoms with Crippen LogP contribution in [0, 0.1) is 0 Å². The molecule has 0 saturated heterocycles. The third kappa shape index (κ3) is 4.63. The summed E-state index contributed by atoms with van der Waals surface area (Å²) in [5.41, 5.74) is 1.06. The van der Waals surface area contributed by atoms with Crippen molar-refractivity contribution in [2.45, 2.75) is 33.2 Å². The van der Waals surface area contributed by atoms with Gasteiger partial charge in [0.2, 0.25) is 0 Å². The van der Waals surface area contributed by atoms with Gasteiger partial charge in [-0.2, -0.15) is 0 Å². The predicted molar refractivity (Wildman–Crippen MR) is 65.1 cm³/mol. The summed E-state index contributed by atoms with van der Waals surface area (Å²) >= 11 is 5.92. The van der Waals surface area contributed by atoms with Crippen LogP contribution >= 0.6 is 11.6 Å². The molecule has 0 aliphatic rings.